The first-order valence-electron chi connectivity index (χ1n) is 9.70. The number of benzene rings is 1. The molecule has 150 valence electrons. The van der Waals surface area contributed by atoms with Crippen molar-refractivity contribution >= 4 is 33.8 Å². The number of para-hydroxylation sites is 1. The van der Waals surface area contributed by atoms with E-state index in [0.717, 1.165) is 42.7 Å². The number of carbonyl (C=O) groups excluding carboxylic acids is 2. The van der Waals surface area contributed by atoms with Crippen LogP contribution in [0.4, 0.5) is 15.1 Å². The van der Waals surface area contributed by atoms with Gasteiger partial charge in [0.25, 0.3) is 5.91 Å². The molecular formula is C21H26FN3O2S. The topological polar surface area (TPSA) is 70.2 Å². The van der Waals surface area contributed by atoms with Crippen LogP contribution in [0.5, 0.6) is 0 Å². The molecule has 2 amide bonds. The molecule has 1 aliphatic carbocycles. The highest BCUT2D eigenvalue weighted by atomic mass is 32.1. The average molecular weight is 404 g/mol. The number of halogens is 1. The van der Waals surface area contributed by atoms with Crippen LogP contribution in [-0.2, 0) is 17.6 Å². The van der Waals surface area contributed by atoms with E-state index in [9.17, 15) is 14.0 Å². The zero-order valence-corrected chi connectivity index (χ0v) is 17.0. The van der Waals surface area contributed by atoms with Crippen molar-refractivity contribution in [2.24, 2.45) is 5.92 Å². The second kappa shape index (κ2) is 9.30. The maximum atomic E-state index is 14.0. The number of thiophene rings is 1. The number of rotatable bonds is 7. The van der Waals surface area contributed by atoms with Crippen molar-refractivity contribution in [3.63, 3.8) is 0 Å². The van der Waals surface area contributed by atoms with Crippen molar-refractivity contribution in [1.29, 1.82) is 0 Å². The Bertz CT molecular complexity index is 865. The zero-order chi connectivity index (χ0) is 20.1. The van der Waals surface area contributed by atoms with Crippen LogP contribution in [0.2, 0.25) is 0 Å². The van der Waals surface area contributed by atoms with Crippen molar-refractivity contribution in [3.8, 4) is 0 Å². The molecule has 7 heteroatoms. The summed E-state index contributed by atoms with van der Waals surface area (Å²) in [6.07, 6.45) is 3.62. The highest BCUT2D eigenvalue weighted by molar-refractivity contribution is 7.17. The Balaban J connectivity index is 1.86. The van der Waals surface area contributed by atoms with Crippen molar-refractivity contribution in [3.05, 3.63) is 46.1 Å². The molecule has 1 aromatic heterocycles. The van der Waals surface area contributed by atoms with Crippen molar-refractivity contribution in [1.82, 2.24) is 5.32 Å². The van der Waals surface area contributed by atoms with E-state index in [4.69, 9.17) is 0 Å². The van der Waals surface area contributed by atoms with Gasteiger partial charge >= 0.3 is 0 Å². The molecule has 28 heavy (non-hydrogen) atoms. The van der Waals surface area contributed by atoms with Gasteiger partial charge < -0.3 is 16.0 Å². The second-order valence-electron chi connectivity index (χ2n) is 7.21. The molecule has 5 nitrogen and oxygen atoms in total. The summed E-state index contributed by atoms with van der Waals surface area (Å²) in [6, 6.07) is 6.09. The van der Waals surface area contributed by atoms with Gasteiger partial charge in [0.1, 0.15) is 10.8 Å². The minimum atomic E-state index is -0.483. The molecule has 0 spiro atoms. The minimum absolute atomic E-state index is 0.138. The van der Waals surface area contributed by atoms with Crippen LogP contribution in [0.25, 0.3) is 0 Å². The fourth-order valence-electron chi connectivity index (χ4n) is 3.38. The summed E-state index contributed by atoms with van der Waals surface area (Å²) in [4.78, 5) is 26.4. The lowest BCUT2D eigenvalue weighted by atomic mass is 9.88. The van der Waals surface area contributed by atoms with E-state index in [0.29, 0.717) is 16.5 Å². The molecule has 0 radical (unpaired) electrons. The number of anilines is 2. The first-order valence-corrected chi connectivity index (χ1v) is 10.5. The maximum Gasteiger partial charge on any atom is 0.259 e. The van der Waals surface area contributed by atoms with Crippen molar-refractivity contribution in [2.45, 2.75) is 39.5 Å². The van der Waals surface area contributed by atoms with Crippen LogP contribution in [0.15, 0.2) is 24.3 Å². The summed E-state index contributed by atoms with van der Waals surface area (Å²) in [5, 5.41) is 9.17. The molecule has 0 aliphatic heterocycles. The third-order valence-corrected chi connectivity index (χ3v) is 6.00. The Morgan fingerprint density at radius 3 is 2.79 bits per heavy atom. The van der Waals surface area contributed by atoms with E-state index >= 15 is 0 Å². The predicted molar refractivity (Wildman–Crippen MR) is 112 cm³/mol. The van der Waals surface area contributed by atoms with Gasteiger partial charge in [-0.2, -0.15) is 0 Å². The third-order valence-electron chi connectivity index (χ3n) is 4.83. The molecular weight excluding hydrogens is 377 g/mol. The Hall–Kier alpha value is -2.25. The summed E-state index contributed by atoms with van der Waals surface area (Å²) in [7, 11) is 0. The molecule has 0 saturated carbocycles. The molecule has 0 saturated heterocycles. The maximum absolute atomic E-state index is 14.0. The van der Waals surface area contributed by atoms with Gasteiger partial charge in [0, 0.05) is 4.88 Å². The van der Waals surface area contributed by atoms with Gasteiger partial charge in [-0.15, -0.1) is 11.3 Å². The Morgan fingerprint density at radius 2 is 2.04 bits per heavy atom. The van der Waals surface area contributed by atoms with E-state index in [2.05, 4.69) is 22.9 Å². The number of carbonyl (C=O) groups is 2. The standard InChI is InChI=1S/C21H26FN3O2S/c1-3-10-23-12-18(26)25-21-19(14-9-8-13(2)11-17(14)28-21)20(27)24-16-7-5-4-6-15(16)22/h4-7,13,23H,3,8-12H2,1-2H3,(H,24,27)(H,25,26). The SMILES string of the molecule is CCCNCC(=O)Nc1sc2c(c1C(=O)Nc1ccccc1F)CCC(C)C2. The lowest BCUT2D eigenvalue weighted by molar-refractivity contribution is -0.115. The van der Waals surface area contributed by atoms with E-state index in [1.807, 2.05) is 6.92 Å². The summed E-state index contributed by atoms with van der Waals surface area (Å²) < 4.78 is 14.0. The smallest absolute Gasteiger partial charge is 0.259 e. The highest BCUT2D eigenvalue weighted by Gasteiger charge is 2.28. The van der Waals surface area contributed by atoms with Gasteiger partial charge in [-0.25, -0.2) is 4.39 Å². The van der Waals surface area contributed by atoms with E-state index in [1.54, 1.807) is 12.1 Å². The number of fused-ring (bicyclic) bond motifs is 1. The van der Waals surface area contributed by atoms with Gasteiger partial charge in [0.15, 0.2) is 0 Å². The average Bonchev–Trinajstić information content (AvgIpc) is 3.00. The normalized spacial score (nSPS) is 15.8. The molecule has 1 heterocycles. The summed E-state index contributed by atoms with van der Waals surface area (Å²) in [5.41, 5.74) is 1.59. The highest BCUT2D eigenvalue weighted by Crippen LogP contribution is 2.40. The molecule has 2 aromatic rings. The molecule has 1 atom stereocenters. The first-order chi connectivity index (χ1) is 13.5. The molecule has 0 bridgehead atoms. The fraction of sp³-hybridized carbons (Fsp3) is 0.429. The largest absolute Gasteiger partial charge is 0.319 e. The lowest BCUT2D eigenvalue weighted by Gasteiger charge is -2.18. The van der Waals surface area contributed by atoms with Crippen molar-refractivity contribution < 1.29 is 14.0 Å². The van der Waals surface area contributed by atoms with Crippen LogP contribution >= 0.6 is 11.3 Å². The first kappa shape index (κ1) is 20.5. The van der Waals surface area contributed by atoms with Gasteiger partial charge in [-0.05, 0) is 55.8 Å². The van der Waals surface area contributed by atoms with Crippen LogP contribution in [0, 0.1) is 11.7 Å². The Morgan fingerprint density at radius 1 is 1.25 bits per heavy atom. The number of hydrogen-bond donors (Lipinski definition) is 3. The summed E-state index contributed by atoms with van der Waals surface area (Å²) >= 11 is 1.46. The van der Waals surface area contributed by atoms with Crippen LogP contribution < -0.4 is 16.0 Å². The van der Waals surface area contributed by atoms with Crippen LogP contribution in [0.1, 0.15) is 47.5 Å². The van der Waals surface area contributed by atoms with Crippen LogP contribution in [-0.4, -0.2) is 24.9 Å². The summed E-state index contributed by atoms with van der Waals surface area (Å²) in [6.45, 7) is 5.17. The summed E-state index contributed by atoms with van der Waals surface area (Å²) in [5.74, 6) is -0.500. The van der Waals surface area contributed by atoms with Gasteiger partial charge in [-0.1, -0.05) is 26.0 Å². The van der Waals surface area contributed by atoms with E-state index < -0.39 is 5.82 Å². The zero-order valence-electron chi connectivity index (χ0n) is 16.2. The van der Waals surface area contributed by atoms with Crippen molar-refractivity contribution in [2.75, 3.05) is 23.7 Å². The van der Waals surface area contributed by atoms with Crippen LogP contribution in [0.3, 0.4) is 0 Å². The molecule has 1 unspecified atom stereocenters. The minimum Gasteiger partial charge on any atom is -0.319 e. The fourth-order valence-corrected chi connectivity index (χ4v) is 4.80. The Labute approximate surface area is 168 Å². The predicted octanol–water partition coefficient (Wildman–Crippen LogP) is 4.20. The van der Waals surface area contributed by atoms with E-state index in [-0.39, 0.29) is 24.0 Å². The molecule has 3 rings (SSSR count). The quantitative estimate of drug-likeness (QED) is 0.607. The van der Waals surface area contributed by atoms with Gasteiger partial charge in [0.05, 0.1) is 17.8 Å². The molecule has 3 N–H and O–H groups in total. The molecule has 1 aromatic carbocycles. The lowest BCUT2D eigenvalue weighted by Crippen LogP contribution is -2.29. The monoisotopic (exact) mass is 403 g/mol. The third kappa shape index (κ3) is 4.77. The number of amides is 2. The Kier molecular flexibility index (Phi) is 6.80. The number of hydrogen-bond acceptors (Lipinski definition) is 4. The molecule has 1 aliphatic rings. The van der Waals surface area contributed by atoms with E-state index in [1.165, 1.54) is 23.5 Å². The molecule has 0 fully saturated rings. The second-order valence-corrected chi connectivity index (χ2v) is 8.32. The number of nitrogens with one attached hydrogen (secondary N) is 3. The van der Waals surface area contributed by atoms with Gasteiger partial charge in [-0.3, -0.25) is 9.59 Å². The van der Waals surface area contributed by atoms with Gasteiger partial charge in [0.2, 0.25) is 5.91 Å².